The van der Waals surface area contributed by atoms with Crippen molar-refractivity contribution in [2.24, 2.45) is 0 Å². The van der Waals surface area contributed by atoms with Crippen LogP contribution in [0.25, 0.3) is 28.0 Å². The number of fused-ring (bicyclic) bond motifs is 1. The molecule has 0 radical (unpaired) electrons. The van der Waals surface area contributed by atoms with Gasteiger partial charge in [-0.05, 0) is 30.3 Å². The van der Waals surface area contributed by atoms with E-state index in [1.54, 1.807) is 23.8 Å². The van der Waals surface area contributed by atoms with Crippen molar-refractivity contribution in [1.29, 1.82) is 0 Å². The van der Waals surface area contributed by atoms with Crippen LogP contribution >= 0.6 is 11.8 Å². The maximum absolute atomic E-state index is 13.6. The number of hydrogen-bond acceptors (Lipinski definition) is 8. The minimum atomic E-state index is -0.213. The molecule has 0 fully saturated rings. The highest BCUT2D eigenvalue weighted by atomic mass is 32.2. The number of methoxy groups -OCH3 is 2. The van der Waals surface area contributed by atoms with E-state index in [0.717, 1.165) is 5.56 Å². The van der Waals surface area contributed by atoms with Crippen molar-refractivity contribution in [1.82, 2.24) is 19.7 Å². The molecule has 0 aliphatic rings. The predicted octanol–water partition coefficient (Wildman–Crippen LogP) is 4.75. The van der Waals surface area contributed by atoms with Crippen molar-refractivity contribution in [3.8, 4) is 28.6 Å². The lowest BCUT2D eigenvalue weighted by Crippen LogP contribution is -2.22. The Kier molecular flexibility index (Phi) is 6.01. The van der Waals surface area contributed by atoms with Crippen molar-refractivity contribution >= 4 is 22.7 Å². The second kappa shape index (κ2) is 9.40. The third kappa shape index (κ3) is 4.13. The topological polar surface area (TPSA) is 92.3 Å². The van der Waals surface area contributed by atoms with Crippen molar-refractivity contribution < 1.29 is 13.9 Å². The maximum Gasteiger partial charge on any atom is 0.266 e. The van der Waals surface area contributed by atoms with Crippen LogP contribution in [-0.2, 0) is 5.75 Å². The number of rotatable bonds is 7. The molecule has 0 bridgehead atoms. The zero-order valence-electron chi connectivity index (χ0n) is 18.5. The van der Waals surface area contributed by atoms with E-state index in [0.29, 0.717) is 50.8 Å². The first-order valence-corrected chi connectivity index (χ1v) is 11.4. The highest BCUT2D eigenvalue weighted by Gasteiger charge is 2.18. The Bertz CT molecular complexity index is 1500. The number of hydrogen-bond donors (Lipinski definition) is 0. The van der Waals surface area contributed by atoms with Gasteiger partial charge in [-0.2, -0.15) is 0 Å². The van der Waals surface area contributed by atoms with E-state index >= 15 is 0 Å². The molecule has 34 heavy (non-hydrogen) atoms. The molecule has 0 aliphatic heterocycles. The standard InChI is InChI=1S/C25H20N4O4S/c1-31-20-13-18-19(14-21(20)32-2)26-25(29(24(18)30)17-11-7-4-8-12-17)34-15-22-27-28-23(33-22)16-9-5-3-6-10-16/h3-14H,15H2,1-2H3. The van der Waals surface area contributed by atoms with E-state index in [1.165, 1.54) is 18.9 Å². The fourth-order valence-corrected chi connectivity index (χ4v) is 4.38. The lowest BCUT2D eigenvalue weighted by atomic mass is 10.2. The summed E-state index contributed by atoms with van der Waals surface area (Å²) in [5.74, 6) is 2.19. The van der Waals surface area contributed by atoms with E-state index in [9.17, 15) is 4.79 Å². The number of nitrogens with zero attached hydrogens (tertiary/aromatic N) is 4. The molecule has 170 valence electrons. The summed E-state index contributed by atoms with van der Waals surface area (Å²) in [6, 6.07) is 22.3. The van der Waals surface area contributed by atoms with Gasteiger partial charge in [0.1, 0.15) is 0 Å². The molecular formula is C25H20N4O4S. The molecule has 8 nitrogen and oxygen atoms in total. The number of para-hydroxylation sites is 1. The van der Waals surface area contributed by atoms with E-state index in [4.69, 9.17) is 18.9 Å². The maximum atomic E-state index is 13.6. The first-order chi connectivity index (χ1) is 16.7. The van der Waals surface area contributed by atoms with Gasteiger partial charge < -0.3 is 13.9 Å². The highest BCUT2D eigenvalue weighted by molar-refractivity contribution is 7.98. The SMILES string of the molecule is COc1cc2nc(SCc3nnc(-c4ccccc4)o3)n(-c3ccccc3)c(=O)c2cc1OC. The van der Waals surface area contributed by atoms with Crippen LogP contribution in [0.15, 0.2) is 87.2 Å². The van der Waals surface area contributed by atoms with Gasteiger partial charge in [-0.3, -0.25) is 9.36 Å². The molecule has 2 heterocycles. The van der Waals surface area contributed by atoms with Crippen molar-refractivity contribution in [3.05, 3.63) is 89.0 Å². The summed E-state index contributed by atoms with van der Waals surface area (Å²) in [7, 11) is 3.08. The molecule has 3 aromatic carbocycles. The number of aromatic nitrogens is 4. The molecule has 5 aromatic rings. The molecule has 9 heteroatoms. The van der Waals surface area contributed by atoms with E-state index in [1.807, 2.05) is 60.7 Å². The first-order valence-electron chi connectivity index (χ1n) is 10.4. The van der Waals surface area contributed by atoms with Crippen LogP contribution in [-0.4, -0.2) is 34.0 Å². The Labute approximate surface area is 199 Å². The van der Waals surface area contributed by atoms with Crippen LogP contribution in [0.2, 0.25) is 0 Å². The summed E-state index contributed by atoms with van der Waals surface area (Å²) < 4.78 is 18.2. The van der Waals surface area contributed by atoms with Gasteiger partial charge in [0, 0.05) is 11.6 Å². The Hall–Kier alpha value is -4.11. The molecule has 0 spiro atoms. The van der Waals surface area contributed by atoms with Crippen LogP contribution in [0.3, 0.4) is 0 Å². The number of ether oxygens (including phenoxy) is 2. The average Bonchev–Trinajstić information content (AvgIpc) is 3.37. The average molecular weight is 473 g/mol. The van der Waals surface area contributed by atoms with Crippen LogP contribution < -0.4 is 15.0 Å². The lowest BCUT2D eigenvalue weighted by Gasteiger charge is -2.14. The smallest absolute Gasteiger partial charge is 0.266 e. The minimum Gasteiger partial charge on any atom is -0.493 e. The van der Waals surface area contributed by atoms with Gasteiger partial charge in [0.25, 0.3) is 5.56 Å². The van der Waals surface area contributed by atoms with Crippen LogP contribution in [0.1, 0.15) is 5.89 Å². The van der Waals surface area contributed by atoms with E-state index in [2.05, 4.69) is 10.2 Å². The number of thioether (sulfide) groups is 1. The molecule has 0 aliphatic carbocycles. The molecule has 2 aromatic heterocycles. The van der Waals surface area contributed by atoms with Gasteiger partial charge in [-0.1, -0.05) is 48.2 Å². The molecule has 0 atom stereocenters. The predicted molar refractivity (Wildman–Crippen MR) is 130 cm³/mol. The lowest BCUT2D eigenvalue weighted by molar-refractivity contribution is 0.355. The number of benzene rings is 3. The molecule has 0 N–H and O–H groups in total. The van der Waals surface area contributed by atoms with E-state index < -0.39 is 0 Å². The largest absolute Gasteiger partial charge is 0.493 e. The van der Waals surface area contributed by atoms with Gasteiger partial charge in [0.05, 0.1) is 36.6 Å². The second-order valence-corrected chi connectivity index (χ2v) is 8.19. The Morgan fingerprint density at radius 3 is 2.29 bits per heavy atom. The van der Waals surface area contributed by atoms with Crippen molar-refractivity contribution in [3.63, 3.8) is 0 Å². The molecule has 5 rings (SSSR count). The quantitative estimate of drug-likeness (QED) is 0.248. The van der Waals surface area contributed by atoms with Gasteiger partial charge in [-0.15, -0.1) is 10.2 Å². The molecule has 0 saturated heterocycles. The summed E-state index contributed by atoms with van der Waals surface area (Å²) >= 11 is 1.34. The normalized spacial score (nSPS) is 11.0. The van der Waals surface area contributed by atoms with Crippen LogP contribution in [0.4, 0.5) is 0 Å². The third-order valence-corrected chi connectivity index (χ3v) is 6.09. The highest BCUT2D eigenvalue weighted by Crippen LogP contribution is 2.32. The van der Waals surface area contributed by atoms with E-state index in [-0.39, 0.29) is 5.56 Å². The van der Waals surface area contributed by atoms with Crippen molar-refractivity contribution in [2.45, 2.75) is 10.9 Å². The monoisotopic (exact) mass is 472 g/mol. The Balaban J connectivity index is 1.56. The Morgan fingerprint density at radius 1 is 0.912 bits per heavy atom. The van der Waals surface area contributed by atoms with Gasteiger partial charge in [0.15, 0.2) is 16.7 Å². The zero-order valence-corrected chi connectivity index (χ0v) is 19.3. The summed E-state index contributed by atoms with van der Waals surface area (Å²) in [5, 5.41) is 9.22. The summed E-state index contributed by atoms with van der Waals surface area (Å²) in [6.07, 6.45) is 0. The fraction of sp³-hybridized carbons (Fsp3) is 0.120. The van der Waals surface area contributed by atoms with Crippen LogP contribution in [0.5, 0.6) is 11.5 Å². The minimum absolute atomic E-state index is 0.213. The summed E-state index contributed by atoms with van der Waals surface area (Å²) in [4.78, 5) is 18.4. The summed E-state index contributed by atoms with van der Waals surface area (Å²) in [5.41, 5.74) is 1.84. The third-order valence-electron chi connectivity index (χ3n) is 5.17. The first kappa shape index (κ1) is 21.7. The van der Waals surface area contributed by atoms with Gasteiger partial charge >= 0.3 is 0 Å². The molecule has 0 saturated carbocycles. The Morgan fingerprint density at radius 2 is 1.59 bits per heavy atom. The van der Waals surface area contributed by atoms with Crippen molar-refractivity contribution in [2.75, 3.05) is 14.2 Å². The van der Waals surface area contributed by atoms with Gasteiger partial charge in [-0.25, -0.2) is 4.98 Å². The molecule has 0 amide bonds. The zero-order chi connectivity index (χ0) is 23.5. The second-order valence-electron chi connectivity index (χ2n) is 7.25. The van der Waals surface area contributed by atoms with Gasteiger partial charge in [0.2, 0.25) is 11.8 Å². The fourth-order valence-electron chi connectivity index (χ4n) is 3.53. The molecular weight excluding hydrogens is 452 g/mol. The molecule has 0 unspecified atom stereocenters. The summed E-state index contributed by atoms with van der Waals surface area (Å²) in [6.45, 7) is 0. The van der Waals surface area contributed by atoms with Crippen LogP contribution in [0, 0.1) is 0 Å².